The Morgan fingerprint density at radius 3 is 2.38 bits per heavy atom. The predicted molar refractivity (Wildman–Crippen MR) is 69.3 cm³/mol. The highest BCUT2D eigenvalue weighted by Gasteiger charge is 2.24. The van der Waals surface area contributed by atoms with Gasteiger partial charge in [-0.15, -0.1) is 0 Å². The maximum absolute atomic E-state index is 13.9. The molecule has 0 aromatic heterocycles. The molecule has 2 rings (SSSR count). The number of hydrogen-bond acceptors (Lipinski definition) is 5. The van der Waals surface area contributed by atoms with Gasteiger partial charge < -0.3 is 10.5 Å². The van der Waals surface area contributed by atoms with Gasteiger partial charge >= 0.3 is 0 Å². The number of anilines is 1. The van der Waals surface area contributed by atoms with Crippen LogP contribution in [0.2, 0.25) is 0 Å². The smallest absolute Gasteiger partial charge is 0.298 e. The molecular formula is C13H8F2N2O4. The van der Waals surface area contributed by atoms with Gasteiger partial charge in [0.15, 0.2) is 17.3 Å². The van der Waals surface area contributed by atoms with Gasteiger partial charge in [0, 0.05) is 5.56 Å². The predicted octanol–water partition coefficient (Wildman–Crippen LogP) is 3.06. The van der Waals surface area contributed by atoms with Crippen molar-refractivity contribution in [1.82, 2.24) is 0 Å². The van der Waals surface area contributed by atoms with E-state index in [1.165, 1.54) is 24.3 Å². The number of carbonyl (C=O) groups excluding carboxylic acids is 1. The van der Waals surface area contributed by atoms with Crippen LogP contribution in [0.4, 0.5) is 20.2 Å². The third-order valence-electron chi connectivity index (χ3n) is 2.62. The molecule has 2 aromatic rings. The molecule has 6 nitrogen and oxygen atoms in total. The third-order valence-corrected chi connectivity index (χ3v) is 2.62. The highest BCUT2D eigenvalue weighted by molar-refractivity contribution is 5.74. The number of aldehydes is 1. The number of hydrogen-bond donors (Lipinski definition) is 1. The van der Waals surface area contributed by atoms with Gasteiger partial charge in [-0.2, -0.15) is 0 Å². The first kappa shape index (κ1) is 14.4. The number of nitro benzene ring substituents is 1. The molecule has 0 amide bonds. The van der Waals surface area contributed by atoms with Crippen LogP contribution in [0.1, 0.15) is 10.4 Å². The van der Waals surface area contributed by atoms with Gasteiger partial charge in [-0.05, 0) is 24.3 Å². The topological polar surface area (TPSA) is 95.5 Å². The van der Waals surface area contributed by atoms with Gasteiger partial charge in [0.25, 0.3) is 5.69 Å². The lowest BCUT2D eigenvalue weighted by Crippen LogP contribution is -2.03. The van der Waals surface area contributed by atoms with E-state index in [1.807, 2.05) is 0 Å². The summed E-state index contributed by atoms with van der Waals surface area (Å²) >= 11 is 0. The fraction of sp³-hybridized carbons (Fsp3) is 0. The summed E-state index contributed by atoms with van der Waals surface area (Å²) in [6.45, 7) is 0. The Kier molecular flexibility index (Phi) is 3.79. The van der Waals surface area contributed by atoms with Crippen molar-refractivity contribution in [2.75, 3.05) is 5.73 Å². The second-order valence-electron chi connectivity index (χ2n) is 3.98. The monoisotopic (exact) mass is 294 g/mol. The molecule has 0 spiro atoms. The normalized spacial score (nSPS) is 10.2. The summed E-state index contributed by atoms with van der Waals surface area (Å²) in [7, 11) is 0. The van der Waals surface area contributed by atoms with Crippen LogP contribution in [-0.4, -0.2) is 11.2 Å². The molecule has 0 saturated carbocycles. The average Bonchev–Trinajstić information content (AvgIpc) is 2.47. The minimum absolute atomic E-state index is 0.0478. The second kappa shape index (κ2) is 5.53. The van der Waals surface area contributed by atoms with Crippen LogP contribution >= 0.6 is 0 Å². The first-order chi connectivity index (χ1) is 9.93. The van der Waals surface area contributed by atoms with E-state index >= 15 is 0 Å². The van der Waals surface area contributed by atoms with Crippen molar-refractivity contribution in [3.63, 3.8) is 0 Å². The minimum atomic E-state index is -1.36. The highest BCUT2D eigenvalue weighted by Crippen LogP contribution is 2.36. The van der Waals surface area contributed by atoms with Crippen LogP contribution in [0, 0.1) is 21.7 Å². The van der Waals surface area contributed by atoms with E-state index in [-0.39, 0.29) is 5.75 Å². The number of nitro groups is 1. The molecule has 0 aliphatic heterocycles. The average molecular weight is 294 g/mol. The maximum atomic E-state index is 13.9. The number of nitrogen functional groups attached to an aromatic ring is 1. The van der Waals surface area contributed by atoms with Gasteiger partial charge in [-0.1, -0.05) is 0 Å². The van der Waals surface area contributed by atoms with E-state index in [0.29, 0.717) is 17.9 Å². The Balaban J connectivity index is 2.42. The van der Waals surface area contributed by atoms with Gasteiger partial charge in [0.2, 0.25) is 5.75 Å². The molecule has 0 saturated heterocycles. The largest absolute Gasteiger partial charge is 0.451 e. The Morgan fingerprint density at radius 1 is 1.24 bits per heavy atom. The Hall–Kier alpha value is -3.03. The van der Waals surface area contributed by atoms with Gasteiger partial charge in [-0.25, -0.2) is 8.78 Å². The molecule has 0 aliphatic rings. The summed E-state index contributed by atoms with van der Waals surface area (Å²) in [6, 6.07) is 5.88. The maximum Gasteiger partial charge on any atom is 0.298 e. The van der Waals surface area contributed by atoms with Gasteiger partial charge in [0.1, 0.15) is 12.0 Å². The first-order valence-electron chi connectivity index (χ1n) is 5.59. The lowest BCUT2D eigenvalue weighted by Gasteiger charge is -2.09. The highest BCUT2D eigenvalue weighted by atomic mass is 19.1. The molecule has 2 aromatic carbocycles. The minimum Gasteiger partial charge on any atom is -0.451 e. The Bertz CT molecular complexity index is 717. The molecule has 0 heterocycles. The molecule has 0 atom stereocenters. The summed E-state index contributed by atoms with van der Waals surface area (Å²) in [5, 5.41) is 10.6. The van der Waals surface area contributed by atoms with E-state index in [1.54, 1.807) is 0 Å². The molecule has 21 heavy (non-hydrogen) atoms. The van der Waals surface area contributed by atoms with Crippen molar-refractivity contribution in [3.05, 3.63) is 57.6 Å². The first-order valence-corrected chi connectivity index (χ1v) is 5.59. The van der Waals surface area contributed by atoms with Crippen LogP contribution in [0.5, 0.6) is 11.5 Å². The fourth-order valence-electron chi connectivity index (χ4n) is 1.58. The number of rotatable bonds is 4. The molecular weight excluding hydrogens is 286 g/mol. The Labute approximate surface area is 116 Å². The molecule has 0 radical (unpaired) electrons. The second-order valence-corrected chi connectivity index (χ2v) is 3.98. The van der Waals surface area contributed by atoms with Crippen molar-refractivity contribution in [2.45, 2.75) is 0 Å². The molecule has 0 fully saturated rings. The summed E-state index contributed by atoms with van der Waals surface area (Å²) in [6.07, 6.45) is 0.592. The zero-order valence-electron chi connectivity index (χ0n) is 10.4. The molecule has 0 unspecified atom stereocenters. The van der Waals surface area contributed by atoms with E-state index in [4.69, 9.17) is 10.5 Å². The van der Waals surface area contributed by atoms with E-state index < -0.39 is 33.7 Å². The van der Waals surface area contributed by atoms with Crippen LogP contribution in [0.3, 0.4) is 0 Å². The molecule has 108 valence electrons. The standard InChI is InChI=1S/C13H8F2N2O4/c14-9-5-10(17(19)20)12(16)11(15)13(9)21-8-3-1-7(6-18)2-4-8/h1-6H,16H2. The SMILES string of the molecule is Nc1c([N+](=O)[O-])cc(F)c(Oc2ccc(C=O)cc2)c1F. The van der Waals surface area contributed by atoms with Crippen LogP contribution in [0.15, 0.2) is 30.3 Å². The summed E-state index contributed by atoms with van der Waals surface area (Å²) < 4.78 is 32.6. The van der Waals surface area contributed by atoms with E-state index in [0.717, 1.165) is 0 Å². The molecule has 0 aliphatic carbocycles. The van der Waals surface area contributed by atoms with Gasteiger partial charge in [0.05, 0.1) is 11.0 Å². The number of nitrogens with two attached hydrogens (primary N) is 1. The number of halogens is 2. The summed E-state index contributed by atoms with van der Waals surface area (Å²) in [4.78, 5) is 20.1. The number of ether oxygens (including phenoxy) is 1. The van der Waals surface area contributed by atoms with Crippen LogP contribution < -0.4 is 10.5 Å². The van der Waals surface area contributed by atoms with E-state index in [9.17, 15) is 23.7 Å². The Morgan fingerprint density at radius 2 is 1.86 bits per heavy atom. The van der Waals surface area contributed by atoms with Crippen molar-refractivity contribution in [1.29, 1.82) is 0 Å². The number of nitrogens with zero attached hydrogens (tertiary/aromatic N) is 1. The zero-order chi connectivity index (χ0) is 15.6. The van der Waals surface area contributed by atoms with Crippen molar-refractivity contribution < 1.29 is 23.2 Å². The van der Waals surface area contributed by atoms with Crippen LogP contribution in [-0.2, 0) is 0 Å². The molecule has 0 bridgehead atoms. The van der Waals surface area contributed by atoms with Crippen molar-refractivity contribution >= 4 is 17.7 Å². The van der Waals surface area contributed by atoms with Crippen molar-refractivity contribution in [2.24, 2.45) is 0 Å². The van der Waals surface area contributed by atoms with E-state index in [2.05, 4.69) is 0 Å². The molecule has 8 heteroatoms. The van der Waals surface area contributed by atoms with Crippen LogP contribution in [0.25, 0.3) is 0 Å². The summed E-state index contributed by atoms with van der Waals surface area (Å²) in [5.74, 6) is -3.42. The summed E-state index contributed by atoms with van der Waals surface area (Å²) in [5.41, 5.74) is 3.90. The lowest BCUT2D eigenvalue weighted by atomic mass is 10.2. The molecule has 2 N–H and O–H groups in total. The van der Waals surface area contributed by atoms with Crippen molar-refractivity contribution in [3.8, 4) is 11.5 Å². The fourth-order valence-corrected chi connectivity index (χ4v) is 1.58. The number of carbonyl (C=O) groups is 1. The zero-order valence-corrected chi connectivity index (χ0v) is 10.4. The third kappa shape index (κ3) is 2.78. The quantitative estimate of drug-likeness (QED) is 0.404. The lowest BCUT2D eigenvalue weighted by molar-refractivity contribution is -0.384. The number of benzene rings is 2. The van der Waals surface area contributed by atoms with Gasteiger partial charge in [-0.3, -0.25) is 14.9 Å².